The van der Waals surface area contributed by atoms with Gasteiger partial charge < -0.3 is 10.1 Å². The normalized spacial score (nSPS) is 13.4. The molecule has 0 saturated heterocycles. The van der Waals surface area contributed by atoms with Crippen LogP contribution in [0.25, 0.3) is 0 Å². The Morgan fingerprint density at radius 3 is 2.33 bits per heavy atom. The van der Waals surface area contributed by atoms with Crippen molar-refractivity contribution >= 4 is 0 Å². The van der Waals surface area contributed by atoms with Crippen molar-refractivity contribution in [2.24, 2.45) is 0 Å². The molecule has 0 bridgehead atoms. The Morgan fingerprint density at radius 2 is 1.81 bits per heavy atom. The van der Waals surface area contributed by atoms with E-state index >= 15 is 0 Å². The van der Waals surface area contributed by atoms with Gasteiger partial charge in [0.25, 0.3) is 0 Å². The molecule has 1 aromatic rings. The maximum atomic E-state index is 14.3. The minimum atomic E-state index is -0.812. The molecule has 120 valence electrons. The van der Waals surface area contributed by atoms with Crippen molar-refractivity contribution in [3.63, 3.8) is 0 Å². The topological polar surface area (TPSA) is 21.3 Å². The molecule has 0 heterocycles. The summed E-state index contributed by atoms with van der Waals surface area (Å²) >= 11 is 0. The second-order valence-electron chi connectivity index (χ2n) is 5.24. The predicted molar refractivity (Wildman–Crippen MR) is 82.3 cm³/mol. The first kappa shape index (κ1) is 18.1. The molecule has 1 aromatic carbocycles. The van der Waals surface area contributed by atoms with Crippen LogP contribution < -0.4 is 5.32 Å². The maximum absolute atomic E-state index is 14.3. The van der Waals surface area contributed by atoms with Gasteiger partial charge in [-0.25, -0.2) is 8.78 Å². The van der Waals surface area contributed by atoms with E-state index in [0.29, 0.717) is 12.2 Å². The lowest BCUT2D eigenvalue weighted by atomic mass is 9.83. The van der Waals surface area contributed by atoms with Gasteiger partial charge in [0.15, 0.2) is 11.6 Å². The summed E-state index contributed by atoms with van der Waals surface area (Å²) in [6.45, 7) is 9.30. The summed E-state index contributed by atoms with van der Waals surface area (Å²) in [5, 5.41) is 3.35. The highest BCUT2D eigenvalue weighted by Gasteiger charge is 2.39. The molecule has 0 saturated carbocycles. The summed E-state index contributed by atoms with van der Waals surface area (Å²) < 4.78 is 33.8. The Kier molecular flexibility index (Phi) is 7.26. The van der Waals surface area contributed by atoms with E-state index in [4.69, 9.17) is 4.74 Å². The van der Waals surface area contributed by atoms with Gasteiger partial charge in [-0.15, -0.1) is 0 Å². The number of hydrogen-bond donors (Lipinski definition) is 1. The van der Waals surface area contributed by atoms with Crippen LogP contribution >= 0.6 is 0 Å². The smallest absolute Gasteiger partial charge is 0.163 e. The third kappa shape index (κ3) is 4.01. The molecule has 0 aliphatic carbocycles. The minimum absolute atomic E-state index is 0.348. The van der Waals surface area contributed by atoms with Crippen molar-refractivity contribution in [2.45, 2.75) is 58.6 Å². The summed E-state index contributed by atoms with van der Waals surface area (Å²) in [7, 11) is 0. The number of halogens is 2. The summed E-state index contributed by atoms with van der Waals surface area (Å²) in [6.07, 6.45) is 2.38. The number of benzene rings is 1. The van der Waals surface area contributed by atoms with Gasteiger partial charge in [0.1, 0.15) is 0 Å². The van der Waals surface area contributed by atoms with E-state index in [0.717, 1.165) is 31.9 Å². The van der Waals surface area contributed by atoms with Crippen molar-refractivity contribution < 1.29 is 13.5 Å². The lowest BCUT2D eigenvalue weighted by molar-refractivity contribution is -0.0740. The lowest BCUT2D eigenvalue weighted by Gasteiger charge is -2.40. The van der Waals surface area contributed by atoms with E-state index < -0.39 is 17.2 Å². The van der Waals surface area contributed by atoms with Gasteiger partial charge in [0, 0.05) is 12.2 Å². The molecule has 1 unspecified atom stereocenters. The monoisotopic (exact) mass is 299 g/mol. The highest BCUT2D eigenvalue weighted by molar-refractivity contribution is 5.25. The van der Waals surface area contributed by atoms with Crippen molar-refractivity contribution in [2.75, 3.05) is 13.2 Å². The quantitative estimate of drug-likeness (QED) is 0.719. The van der Waals surface area contributed by atoms with E-state index in [9.17, 15) is 8.78 Å². The molecule has 1 rings (SSSR count). The van der Waals surface area contributed by atoms with Gasteiger partial charge in [0.2, 0.25) is 0 Å². The van der Waals surface area contributed by atoms with Crippen molar-refractivity contribution in [1.82, 2.24) is 5.32 Å². The first-order chi connectivity index (χ1) is 10.1. The van der Waals surface area contributed by atoms with Crippen LogP contribution in [0.2, 0.25) is 0 Å². The minimum Gasteiger partial charge on any atom is -0.373 e. The van der Waals surface area contributed by atoms with E-state index in [-0.39, 0.29) is 6.04 Å². The fourth-order valence-corrected chi connectivity index (χ4v) is 2.84. The molecule has 0 radical (unpaired) electrons. The maximum Gasteiger partial charge on any atom is 0.163 e. The Hall–Kier alpha value is -1.00. The number of nitrogens with one attached hydrogen (secondary N) is 1. The van der Waals surface area contributed by atoms with Crippen LogP contribution in [0.5, 0.6) is 0 Å². The first-order valence-electron chi connectivity index (χ1n) is 7.87. The third-order valence-electron chi connectivity index (χ3n) is 4.05. The molecule has 0 spiro atoms. The van der Waals surface area contributed by atoms with Crippen molar-refractivity contribution in [3.05, 3.63) is 35.4 Å². The van der Waals surface area contributed by atoms with Crippen molar-refractivity contribution in [1.29, 1.82) is 0 Å². The fraction of sp³-hybridized carbons (Fsp3) is 0.647. The summed E-state index contributed by atoms with van der Waals surface area (Å²) in [6, 6.07) is 3.99. The van der Waals surface area contributed by atoms with Crippen LogP contribution in [0.1, 0.15) is 58.6 Å². The molecule has 0 fully saturated rings. The van der Waals surface area contributed by atoms with Crippen LogP contribution in [-0.4, -0.2) is 18.8 Å². The molecule has 1 N–H and O–H groups in total. The molecule has 4 heteroatoms. The Bertz CT molecular complexity index is 433. The Labute approximate surface area is 126 Å². The summed E-state index contributed by atoms with van der Waals surface area (Å²) in [4.78, 5) is 0. The molecule has 0 amide bonds. The molecule has 2 nitrogen and oxygen atoms in total. The highest BCUT2D eigenvalue weighted by Crippen LogP contribution is 2.37. The third-order valence-corrected chi connectivity index (χ3v) is 4.05. The largest absolute Gasteiger partial charge is 0.373 e. The average Bonchev–Trinajstić information content (AvgIpc) is 2.50. The van der Waals surface area contributed by atoms with Gasteiger partial charge in [-0.05, 0) is 38.8 Å². The Morgan fingerprint density at radius 1 is 1.14 bits per heavy atom. The molecule has 0 aromatic heterocycles. The van der Waals surface area contributed by atoms with Gasteiger partial charge >= 0.3 is 0 Å². The zero-order valence-corrected chi connectivity index (χ0v) is 13.5. The van der Waals surface area contributed by atoms with E-state index in [2.05, 4.69) is 5.32 Å². The molecule has 21 heavy (non-hydrogen) atoms. The standard InChI is InChI=1S/C17H27F2NO/c1-5-12-20-16(17(6-2,7-3)21-8-4)13-10-9-11-14(18)15(13)19/h9-11,16,20H,5-8,12H2,1-4H3. The van der Waals surface area contributed by atoms with E-state index in [1.807, 2.05) is 27.7 Å². The SMILES string of the molecule is CCCNC(c1cccc(F)c1F)C(CC)(CC)OCC. The second kappa shape index (κ2) is 8.44. The van der Waals surface area contributed by atoms with Crippen LogP contribution in [0.3, 0.4) is 0 Å². The van der Waals surface area contributed by atoms with Crippen molar-refractivity contribution in [3.8, 4) is 0 Å². The van der Waals surface area contributed by atoms with E-state index in [1.165, 1.54) is 0 Å². The van der Waals surface area contributed by atoms with Gasteiger partial charge in [0.05, 0.1) is 11.6 Å². The van der Waals surface area contributed by atoms with E-state index in [1.54, 1.807) is 12.1 Å². The molecule has 0 aliphatic rings. The van der Waals surface area contributed by atoms with Gasteiger partial charge in [-0.3, -0.25) is 0 Å². The Balaban J connectivity index is 3.28. The second-order valence-corrected chi connectivity index (χ2v) is 5.24. The summed E-state index contributed by atoms with van der Waals surface area (Å²) in [5.74, 6) is -1.59. The predicted octanol–water partition coefficient (Wildman–Crippen LogP) is 4.60. The highest BCUT2D eigenvalue weighted by atomic mass is 19.2. The zero-order chi connectivity index (χ0) is 15.9. The van der Waals surface area contributed by atoms with Crippen LogP contribution in [0, 0.1) is 11.6 Å². The number of ether oxygens (including phenoxy) is 1. The molecule has 1 atom stereocenters. The lowest BCUT2D eigenvalue weighted by Crippen LogP contribution is -2.46. The zero-order valence-electron chi connectivity index (χ0n) is 13.5. The summed E-state index contributed by atoms with van der Waals surface area (Å²) in [5.41, 5.74) is -0.181. The van der Waals surface area contributed by atoms with Gasteiger partial charge in [-0.2, -0.15) is 0 Å². The first-order valence-corrected chi connectivity index (χ1v) is 7.87. The molecular weight excluding hydrogens is 272 g/mol. The molecular formula is C17H27F2NO. The average molecular weight is 299 g/mol. The number of hydrogen-bond acceptors (Lipinski definition) is 2. The molecule has 0 aliphatic heterocycles. The van der Waals surface area contributed by atoms with Gasteiger partial charge in [-0.1, -0.05) is 32.9 Å². The van der Waals surface area contributed by atoms with Crippen LogP contribution in [0.15, 0.2) is 18.2 Å². The van der Waals surface area contributed by atoms with Crippen LogP contribution in [0.4, 0.5) is 8.78 Å². The van der Waals surface area contributed by atoms with Crippen LogP contribution in [-0.2, 0) is 4.74 Å². The number of rotatable bonds is 9. The fourth-order valence-electron chi connectivity index (χ4n) is 2.84.